The van der Waals surface area contributed by atoms with Gasteiger partial charge in [-0.2, -0.15) is 0 Å². The summed E-state index contributed by atoms with van der Waals surface area (Å²) in [5.74, 6) is 0.653. The third kappa shape index (κ3) is 1.53. The van der Waals surface area contributed by atoms with Gasteiger partial charge >= 0.3 is 0 Å². The van der Waals surface area contributed by atoms with Gasteiger partial charge in [0.25, 0.3) is 0 Å². The smallest absolute Gasteiger partial charge is 0.132 e. The van der Waals surface area contributed by atoms with E-state index >= 15 is 0 Å². The van der Waals surface area contributed by atoms with E-state index in [0.717, 1.165) is 37.2 Å². The molecule has 72 valence electrons. The monoisotopic (exact) mass is 182 g/mol. The lowest BCUT2D eigenvalue weighted by Crippen LogP contribution is -1.97. The Morgan fingerprint density at radius 3 is 3.08 bits per heavy atom. The Labute approximate surface area is 79.0 Å². The number of benzene rings is 1. The Hall–Kier alpha value is -1.05. The quantitative estimate of drug-likeness (QED) is 0.599. The number of aryl methyl sites for hydroxylation is 1. The van der Waals surface area contributed by atoms with Crippen LogP contribution in [0.1, 0.15) is 25.4 Å². The molecule has 0 unspecified atom stereocenters. The molecule has 1 aliphatic heterocycles. The predicted octanol–water partition coefficient (Wildman–Crippen LogP) is 3.10. The van der Waals surface area contributed by atoms with Crippen LogP contribution in [-0.2, 0) is 6.42 Å². The standard InChI is InChI=1S/C11H13FO.H2/c1-8-5-6-10-9(11(8)12)4-2-3-7-13-10;/h5-6H,2-4,7H2,1H3;1H. The predicted molar refractivity (Wildman–Crippen MR) is 51.7 cm³/mol. The van der Waals surface area contributed by atoms with Crippen molar-refractivity contribution < 1.29 is 10.6 Å². The van der Waals surface area contributed by atoms with Crippen molar-refractivity contribution in [3.63, 3.8) is 0 Å². The summed E-state index contributed by atoms with van der Waals surface area (Å²) in [5, 5.41) is 0. The van der Waals surface area contributed by atoms with Crippen molar-refractivity contribution in [1.29, 1.82) is 0 Å². The molecular weight excluding hydrogens is 167 g/mol. The highest BCUT2D eigenvalue weighted by atomic mass is 19.1. The van der Waals surface area contributed by atoms with Crippen LogP contribution in [0, 0.1) is 12.7 Å². The van der Waals surface area contributed by atoms with Crippen molar-refractivity contribution >= 4 is 0 Å². The van der Waals surface area contributed by atoms with Crippen LogP contribution in [-0.4, -0.2) is 6.61 Å². The van der Waals surface area contributed by atoms with Gasteiger partial charge in [0.05, 0.1) is 6.61 Å². The van der Waals surface area contributed by atoms with Gasteiger partial charge in [0.2, 0.25) is 0 Å². The van der Waals surface area contributed by atoms with Crippen LogP contribution in [0.2, 0.25) is 0 Å². The van der Waals surface area contributed by atoms with Crippen molar-refractivity contribution in [2.24, 2.45) is 0 Å². The lowest BCUT2D eigenvalue weighted by Gasteiger charge is -2.08. The van der Waals surface area contributed by atoms with Gasteiger partial charge in [-0.15, -0.1) is 0 Å². The van der Waals surface area contributed by atoms with E-state index < -0.39 is 0 Å². The molecule has 1 heterocycles. The molecule has 1 aromatic rings. The van der Waals surface area contributed by atoms with Gasteiger partial charge in [-0.3, -0.25) is 0 Å². The Balaban J connectivity index is 0.000000980. The van der Waals surface area contributed by atoms with E-state index in [0.29, 0.717) is 5.56 Å². The Bertz CT molecular complexity index is 325. The third-order valence-electron chi connectivity index (χ3n) is 2.47. The fraction of sp³-hybridized carbons (Fsp3) is 0.455. The highest BCUT2D eigenvalue weighted by molar-refractivity contribution is 5.39. The van der Waals surface area contributed by atoms with Crippen LogP contribution in [0.3, 0.4) is 0 Å². The zero-order valence-corrected chi connectivity index (χ0v) is 7.77. The number of hydrogen-bond donors (Lipinski definition) is 0. The first-order valence-electron chi connectivity index (χ1n) is 4.70. The highest BCUT2D eigenvalue weighted by Gasteiger charge is 2.14. The van der Waals surface area contributed by atoms with Gasteiger partial charge in [0.1, 0.15) is 11.6 Å². The van der Waals surface area contributed by atoms with E-state index in [1.54, 1.807) is 13.0 Å². The van der Waals surface area contributed by atoms with Crippen LogP contribution >= 0.6 is 0 Å². The molecule has 0 aromatic heterocycles. The molecule has 0 radical (unpaired) electrons. The molecular formula is C11H15FO. The van der Waals surface area contributed by atoms with E-state index in [2.05, 4.69) is 0 Å². The fourth-order valence-corrected chi connectivity index (χ4v) is 1.67. The number of rotatable bonds is 0. The Morgan fingerprint density at radius 1 is 1.38 bits per heavy atom. The van der Waals surface area contributed by atoms with E-state index in [4.69, 9.17) is 4.74 Å². The molecule has 0 saturated heterocycles. The van der Waals surface area contributed by atoms with Crippen LogP contribution in [0.5, 0.6) is 5.75 Å². The maximum atomic E-state index is 13.6. The first kappa shape index (κ1) is 8.54. The first-order chi connectivity index (χ1) is 6.29. The van der Waals surface area contributed by atoms with Crippen molar-refractivity contribution in [2.75, 3.05) is 6.61 Å². The third-order valence-corrected chi connectivity index (χ3v) is 2.47. The summed E-state index contributed by atoms with van der Waals surface area (Å²) < 4.78 is 19.0. The zero-order chi connectivity index (χ0) is 9.26. The van der Waals surface area contributed by atoms with Gasteiger partial charge in [-0.1, -0.05) is 6.07 Å². The highest BCUT2D eigenvalue weighted by Crippen LogP contribution is 2.28. The second-order valence-corrected chi connectivity index (χ2v) is 3.48. The van der Waals surface area contributed by atoms with Crippen LogP contribution in [0.4, 0.5) is 4.39 Å². The van der Waals surface area contributed by atoms with Gasteiger partial charge in [-0.05, 0) is 37.8 Å². The lowest BCUT2D eigenvalue weighted by atomic mass is 10.0. The molecule has 0 saturated carbocycles. The summed E-state index contributed by atoms with van der Waals surface area (Å²) >= 11 is 0. The van der Waals surface area contributed by atoms with Gasteiger partial charge < -0.3 is 4.74 Å². The van der Waals surface area contributed by atoms with Gasteiger partial charge in [0, 0.05) is 6.99 Å². The minimum Gasteiger partial charge on any atom is -0.493 e. The molecule has 0 amide bonds. The zero-order valence-electron chi connectivity index (χ0n) is 7.77. The summed E-state index contributed by atoms with van der Waals surface area (Å²) in [5.41, 5.74) is 1.47. The second-order valence-electron chi connectivity index (χ2n) is 3.48. The van der Waals surface area contributed by atoms with Crippen LogP contribution < -0.4 is 4.74 Å². The summed E-state index contributed by atoms with van der Waals surface area (Å²) in [6.07, 6.45) is 2.85. The van der Waals surface area contributed by atoms with Crippen molar-refractivity contribution in [2.45, 2.75) is 26.2 Å². The molecule has 0 bridgehead atoms. The van der Waals surface area contributed by atoms with E-state index in [1.165, 1.54) is 0 Å². The molecule has 13 heavy (non-hydrogen) atoms. The fourth-order valence-electron chi connectivity index (χ4n) is 1.67. The minimum atomic E-state index is -0.0839. The van der Waals surface area contributed by atoms with Crippen LogP contribution in [0.25, 0.3) is 0 Å². The Kier molecular flexibility index (Phi) is 2.21. The average Bonchev–Trinajstić information content (AvgIpc) is 2.36. The largest absolute Gasteiger partial charge is 0.493 e. The van der Waals surface area contributed by atoms with Crippen LogP contribution in [0.15, 0.2) is 12.1 Å². The summed E-state index contributed by atoms with van der Waals surface area (Å²) in [4.78, 5) is 0. The number of hydrogen-bond acceptors (Lipinski definition) is 1. The van der Waals surface area contributed by atoms with E-state index in [1.807, 2.05) is 6.07 Å². The second kappa shape index (κ2) is 3.36. The molecule has 0 fully saturated rings. The minimum absolute atomic E-state index is 0. The molecule has 1 aromatic carbocycles. The molecule has 1 aliphatic rings. The normalized spacial score (nSPS) is 15.8. The van der Waals surface area contributed by atoms with Crippen molar-refractivity contribution in [3.05, 3.63) is 29.1 Å². The summed E-state index contributed by atoms with van der Waals surface area (Å²) in [6.45, 7) is 2.51. The molecule has 0 spiro atoms. The topological polar surface area (TPSA) is 9.23 Å². The molecule has 2 rings (SSSR count). The molecule has 0 aliphatic carbocycles. The van der Waals surface area contributed by atoms with E-state index in [9.17, 15) is 4.39 Å². The molecule has 0 atom stereocenters. The number of ether oxygens (including phenoxy) is 1. The van der Waals surface area contributed by atoms with Gasteiger partial charge in [-0.25, -0.2) is 4.39 Å². The van der Waals surface area contributed by atoms with Gasteiger partial charge in [0.15, 0.2) is 0 Å². The van der Waals surface area contributed by atoms with Crippen molar-refractivity contribution in [3.8, 4) is 5.75 Å². The first-order valence-corrected chi connectivity index (χ1v) is 4.70. The summed E-state index contributed by atoms with van der Waals surface area (Å²) in [6, 6.07) is 3.65. The summed E-state index contributed by atoms with van der Waals surface area (Å²) in [7, 11) is 0. The Morgan fingerprint density at radius 2 is 2.23 bits per heavy atom. The number of halogens is 1. The maximum absolute atomic E-state index is 13.6. The molecule has 1 nitrogen and oxygen atoms in total. The maximum Gasteiger partial charge on any atom is 0.132 e. The molecule has 0 N–H and O–H groups in total. The van der Waals surface area contributed by atoms with Crippen molar-refractivity contribution in [1.82, 2.24) is 0 Å². The average molecular weight is 182 g/mol. The SMILES string of the molecule is Cc1ccc2c(c1F)CCCCO2.[HH]. The number of fused-ring (bicyclic) bond motifs is 1. The lowest BCUT2D eigenvalue weighted by molar-refractivity contribution is 0.316. The molecule has 2 heteroatoms. The van der Waals surface area contributed by atoms with E-state index in [-0.39, 0.29) is 7.24 Å².